The molecule has 1 fully saturated rings. The standard InChI is InChI=1S/C13H23ClN2/c1-11(2)7-8-16(10-12(14)9-15)13-5-3-4-6-13/h11-13H,3-8,10H2,1-2H3. The van der Waals surface area contributed by atoms with E-state index in [1.807, 2.05) is 0 Å². The van der Waals surface area contributed by atoms with E-state index in [1.54, 1.807) is 0 Å². The van der Waals surface area contributed by atoms with Crippen LogP contribution in [0.3, 0.4) is 0 Å². The molecule has 1 aliphatic carbocycles. The Morgan fingerprint density at radius 1 is 1.38 bits per heavy atom. The lowest BCUT2D eigenvalue weighted by molar-refractivity contribution is 0.193. The fourth-order valence-corrected chi connectivity index (χ4v) is 2.54. The minimum atomic E-state index is -0.354. The molecule has 1 atom stereocenters. The van der Waals surface area contributed by atoms with Gasteiger partial charge in [-0.05, 0) is 31.7 Å². The van der Waals surface area contributed by atoms with Gasteiger partial charge in [-0.1, -0.05) is 26.7 Å². The molecule has 1 saturated carbocycles. The molecular weight excluding hydrogens is 220 g/mol. The second-order valence-electron chi connectivity index (χ2n) is 5.21. The fourth-order valence-electron chi connectivity index (χ4n) is 2.36. The Balaban J connectivity index is 2.43. The molecule has 0 radical (unpaired) electrons. The summed E-state index contributed by atoms with van der Waals surface area (Å²) in [6, 6.07) is 2.80. The van der Waals surface area contributed by atoms with Crippen LogP contribution < -0.4 is 0 Å². The molecule has 2 nitrogen and oxygen atoms in total. The van der Waals surface area contributed by atoms with Gasteiger partial charge in [0.2, 0.25) is 0 Å². The summed E-state index contributed by atoms with van der Waals surface area (Å²) in [5.41, 5.74) is 0. The van der Waals surface area contributed by atoms with E-state index in [1.165, 1.54) is 32.1 Å². The topological polar surface area (TPSA) is 27.0 Å². The average Bonchev–Trinajstić information content (AvgIpc) is 2.76. The summed E-state index contributed by atoms with van der Waals surface area (Å²) >= 11 is 5.95. The summed E-state index contributed by atoms with van der Waals surface area (Å²) in [5, 5.41) is 8.44. The maximum Gasteiger partial charge on any atom is 0.133 e. The molecular formula is C13H23ClN2. The summed E-state index contributed by atoms with van der Waals surface area (Å²) in [4.78, 5) is 2.44. The van der Waals surface area contributed by atoms with Crippen molar-refractivity contribution >= 4 is 11.6 Å². The normalized spacial score (nSPS) is 19.2. The number of hydrogen-bond donors (Lipinski definition) is 0. The van der Waals surface area contributed by atoms with Gasteiger partial charge in [0.25, 0.3) is 0 Å². The second kappa shape index (κ2) is 7.14. The molecule has 0 spiro atoms. The lowest BCUT2D eigenvalue weighted by Crippen LogP contribution is -2.38. The number of nitriles is 1. The first-order valence-corrected chi connectivity index (χ1v) is 6.85. The van der Waals surface area contributed by atoms with Gasteiger partial charge in [0.05, 0.1) is 6.07 Å². The predicted molar refractivity (Wildman–Crippen MR) is 68.5 cm³/mol. The van der Waals surface area contributed by atoms with Crippen molar-refractivity contribution in [2.75, 3.05) is 13.1 Å². The Morgan fingerprint density at radius 2 is 2.00 bits per heavy atom. The first-order valence-electron chi connectivity index (χ1n) is 6.41. The van der Waals surface area contributed by atoms with Gasteiger partial charge >= 0.3 is 0 Å². The molecule has 0 aromatic heterocycles. The van der Waals surface area contributed by atoms with Crippen LogP contribution in [0.5, 0.6) is 0 Å². The van der Waals surface area contributed by atoms with E-state index >= 15 is 0 Å². The quantitative estimate of drug-likeness (QED) is 0.668. The van der Waals surface area contributed by atoms with Gasteiger partial charge < -0.3 is 0 Å². The van der Waals surface area contributed by atoms with Gasteiger partial charge in [-0.15, -0.1) is 11.6 Å². The van der Waals surface area contributed by atoms with Crippen molar-refractivity contribution in [3.63, 3.8) is 0 Å². The molecule has 3 heteroatoms. The highest BCUT2D eigenvalue weighted by Gasteiger charge is 2.24. The van der Waals surface area contributed by atoms with Gasteiger partial charge in [-0.3, -0.25) is 4.90 Å². The van der Waals surface area contributed by atoms with E-state index in [0.29, 0.717) is 6.04 Å². The number of nitrogens with zero attached hydrogens (tertiary/aromatic N) is 2. The zero-order valence-electron chi connectivity index (χ0n) is 10.5. The Morgan fingerprint density at radius 3 is 2.50 bits per heavy atom. The molecule has 16 heavy (non-hydrogen) atoms. The Bertz CT molecular complexity index is 229. The van der Waals surface area contributed by atoms with Gasteiger partial charge in [-0.25, -0.2) is 0 Å². The molecule has 0 aromatic rings. The van der Waals surface area contributed by atoms with Crippen molar-refractivity contribution < 1.29 is 0 Å². The van der Waals surface area contributed by atoms with E-state index < -0.39 is 0 Å². The molecule has 1 unspecified atom stereocenters. The monoisotopic (exact) mass is 242 g/mol. The van der Waals surface area contributed by atoms with Gasteiger partial charge in [0.15, 0.2) is 0 Å². The predicted octanol–water partition coefficient (Wildman–Crippen LogP) is 3.41. The van der Waals surface area contributed by atoms with Crippen LogP contribution in [-0.4, -0.2) is 29.4 Å². The van der Waals surface area contributed by atoms with Crippen molar-refractivity contribution in [1.82, 2.24) is 4.90 Å². The average molecular weight is 243 g/mol. The zero-order chi connectivity index (χ0) is 12.0. The highest BCUT2D eigenvalue weighted by atomic mass is 35.5. The molecule has 0 N–H and O–H groups in total. The number of hydrogen-bond acceptors (Lipinski definition) is 2. The lowest BCUT2D eigenvalue weighted by atomic mass is 10.1. The molecule has 1 rings (SSSR count). The summed E-state index contributed by atoms with van der Waals surface area (Å²) in [6.45, 7) is 6.31. The van der Waals surface area contributed by atoms with Crippen molar-refractivity contribution in [3.05, 3.63) is 0 Å². The smallest absolute Gasteiger partial charge is 0.133 e. The highest BCUT2D eigenvalue weighted by Crippen LogP contribution is 2.24. The fraction of sp³-hybridized carbons (Fsp3) is 0.923. The third-order valence-electron chi connectivity index (χ3n) is 3.37. The maximum atomic E-state index is 8.80. The third kappa shape index (κ3) is 4.72. The molecule has 92 valence electrons. The minimum absolute atomic E-state index is 0.354. The number of halogens is 1. The first-order chi connectivity index (χ1) is 7.63. The van der Waals surface area contributed by atoms with Crippen LogP contribution in [0.15, 0.2) is 0 Å². The summed E-state index contributed by atoms with van der Waals surface area (Å²) < 4.78 is 0. The van der Waals surface area contributed by atoms with Crippen molar-refractivity contribution in [3.8, 4) is 6.07 Å². The first kappa shape index (κ1) is 13.8. The van der Waals surface area contributed by atoms with Gasteiger partial charge in [0, 0.05) is 12.6 Å². The van der Waals surface area contributed by atoms with E-state index in [4.69, 9.17) is 16.9 Å². The largest absolute Gasteiger partial charge is 0.298 e. The van der Waals surface area contributed by atoms with Crippen molar-refractivity contribution in [2.45, 2.75) is 57.4 Å². The Labute approximate surface area is 105 Å². The second-order valence-corrected chi connectivity index (χ2v) is 5.74. The van der Waals surface area contributed by atoms with Gasteiger partial charge in [-0.2, -0.15) is 5.26 Å². The maximum absolute atomic E-state index is 8.80. The lowest BCUT2D eigenvalue weighted by Gasteiger charge is -2.29. The molecule has 0 bridgehead atoms. The van der Waals surface area contributed by atoms with E-state index in [-0.39, 0.29) is 5.38 Å². The van der Waals surface area contributed by atoms with E-state index in [9.17, 15) is 0 Å². The molecule has 0 amide bonds. The number of alkyl halides is 1. The molecule has 0 heterocycles. The highest BCUT2D eigenvalue weighted by molar-refractivity contribution is 6.22. The van der Waals surface area contributed by atoms with E-state index in [2.05, 4.69) is 24.8 Å². The third-order valence-corrected chi connectivity index (χ3v) is 3.61. The Kier molecular flexibility index (Phi) is 6.16. The van der Waals surface area contributed by atoms with Crippen LogP contribution in [0.25, 0.3) is 0 Å². The Hall–Kier alpha value is -0.260. The van der Waals surface area contributed by atoms with Crippen molar-refractivity contribution in [1.29, 1.82) is 5.26 Å². The zero-order valence-corrected chi connectivity index (χ0v) is 11.2. The number of rotatable bonds is 6. The summed E-state index contributed by atoms with van der Waals surface area (Å²) in [5.74, 6) is 0.722. The molecule has 0 aromatic carbocycles. The van der Waals surface area contributed by atoms with Crippen LogP contribution in [-0.2, 0) is 0 Å². The minimum Gasteiger partial charge on any atom is -0.298 e. The molecule has 1 aliphatic rings. The van der Waals surface area contributed by atoms with Crippen LogP contribution in [0.4, 0.5) is 0 Å². The molecule has 0 saturated heterocycles. The molecule has 0 aliphatic heterocycles. The van der Waals surface area contributed by atoms with Crippen LogP contribution in [0.2, 0.25) is 0 Å². The van der Waals surface area contributed by atoms with Gasteiger partial charge in [0.1, 0.15) is 5.38 Å². The SMILES string of the molecule is CC(C)CCN(CC(Cl)C#N)C1CCCC1. The van der Waals surface area contributed by atoms with Crippen LogP contribution in [0, 0.1) is 17.2 Å². The summed E-state index contributed by atoms with van der Waals surface area (Å²) in [6.07, 6.45) is 6.44. The van der Waals surface area contributed by atoms with Crippen LogP contribution >= 0.6 is 11.6 Å². The van der Waals surface area contributed by atoms with Crippen molar-refractivity contribution in [2.24, 2.45) is 5.92 Å². The summed E-state index contributed by atoms with van der Waals surface area (Å²) in [7, 11) is 0. The van der Waals surface area contributed by atoms with Crippen LogP contribution in [0.1, 0.15) is 46.0 Å². The van der Waals surface area contributed by atoms with E-state index in [0.717, 1.165) is 19.0 Å².